The molecule has 1 fully saturated rings. The monoisotopic (exact) mass is 455 g/mol. The van der Waals surface area contributed by atoms with Crippen molar-refractivity contribution >= 4 is 44.4 Å². The number of hydrogen-bond acceptors (Lipinski definition) is 5. The molecule has 0 spiro atoms. The maximum atomic E-state index is 12.9. The van der Waals surface area contributed by atoms with Gasteiger partial charge in [0.2, 0.25) is 0 Å². The number of amides is 2. The van der Waals surface area contributed by atoms with Crippen LogP contribution in [-0.4, -0.2) is 68.0 Å². The molecule has 1 atom stereocenters. The van der Waals surface area contributed by atoms with Crippen LogP contribution < -0.4 is 0 Å². The average molecular weight is 456 g/mol. The van der Waals surface area contributed by atoms with E-state index in [1.54, 1.807) is 41.6 Å². The van der Waals surface area contributed by atoms with Gasteiger partial charge in [0, 0.05) is 49.7 Å². The van der Waals surface area contributed by atoms with Gasteiger partial charge in [0.25, 0.3) is 17.6 Å². The minimum atomic E-state index is -0.578. The predicted molar refractivity (Wildman–Crippen MR) is 109 cm³/mol. The van der Waals surface area contributed by atoms with Gasteiger partial charge < -0.3 is 14.8 Å². The summed E-state index contributed by atoms with van der Waals surface area (Å²) in [5, 5.41) is 0.641. The number of nitrogens with one attached hydrogen (secondary N) is 1. The van der Waals surface area contributed by atoms with E-state index in [1.165, 1.54) is 11.1 Å². The number of H-pyrrole nitrogens is 1. The Bertz CT molecular complexity index is 1100. The second kappa shape index (κ2) is 7.75. The highest BCUT2D eigenvalue weighted by Crippen LogP contribution is 2.25. The lowest BCUT2D eigenvalue weighted by Gasteiger charge is -2.39. The Balaban J connectivity index is 1.49. The van der Waals surface area contributed by atoms with Gasteiger partial charge in [-0.25, -0.2) is 4.98 Å². The molecule has 0 unspecified atom stereocenters. The number of aromatic amines is 1. The minimum Gasteiger partial charge on any atom is -0.358 e. The van der Waals surface area contributed by atoms with Crippen LogP contribution in [-0.2, 0) is 4.79 Å². The standard InChI is InChI=1S/C20H18BrN5O3/c1-12-11-25(19(28)15-4-2-3-6-22-15)8-9-26(12)20(29)17(27)14-10-24-16-13(14)5-7-23-18(16)21/h2-7,10,12,24H,8-9,11H2,1H3/t12-/m1/s1. The first kappa shape index (κ1) is 19.3. The molecule has 1 aliphatic heterocycles. The quantitative estimate of drug-likeness (QED) is 0.371. The van der Waals surface area contributed by atoms with Crippen LogP contribution >= 0.6 is 15.9 Å². The number of rotatable bonds is 3. The number of ketones is 1. The van der Waals surface area contributed by atoms with E-state index in [0.717, 1.165) is 0 Å². The number of aromatic nitrogens is 3. The Morgan fingerprint density at radius 1 is 1.14 bits per heavy atom. The number of hydrogen-bond donors (Lipinski definition) is 1. The third-order valence-corrected chi connectivity index (χ3v) is 5.66. The Morgan fingerprint density at radius 3 is 2.69 bits per heavy atom. The van der Waals surface area contributed by atoms with Gasteiger partial charge in [-0.1, -0.05) is 6.07 Å². The van der Waals surface area contributed by atoms with Crippen molar-refractivity contribution in [2.75, 3.05) is 19.6 Å². The van der Waals surface area contributed by atoms with Gasteiger partial charge in [-0.2, -0.15) is 0 Å². The molecule has 2 amide bonds. The van der Waals surface area contributed by atoms with Crippen molar-refractivity contribution in [2.45, 2.75) is 13.0 Å². The summed E-state index contributed by atoms with van der Waals surface area (Å²) in [7, 11) is 0. The molecular formula is C20H18BrN5O3. The van der Waals surface area contributed by atoms with Crippen LogP contribution in [0.1, 0.15) is 27.8 Å². The Hall–Kier alpha value is -3.07. The first-order valence-corrected chi connectivity index (χ1v) is 9.94. The number of carbonyl (C=O) groups is 3. The van der Waals surface area contributed by atoms with Crippen molar-refractivity contribution in [3.63, 3.8) is 0 Å². The zero-order valence-electron chi connectivity index (χ0n) is 15.6. The van der Waals surface area contributed by atoms with E-state index in [4.69, 9.17) is 0 Å². The predicted octanol–water partition coefficient (Wildman–Crippen LogP) is 2.28. The minimum absolute atomic E-state index is 0.176. The fourth-order valence-corrected chi connectivity index (χ4v) is 3.99. The lowest BCUT2D eigenvalue weighted by Crippen LogP contribution is -2.56. The van der Waals surface area contributed by atoms with Crippen molar-refractivity contribution < 1.29 is 14.4 Å². The summed E-state index contributed by atoms with van der Waals surface area (Å²) in [5.74, 6) is -1.33. The molecule has 3 aromatic rings. The highest BCUT2D eigenvalue weighted by molar-refractivity contribution is 9.10. The molecule has 9 heteroatoms. The van der Waals surface area contributed by atoms with Crippen molar-refractivity contribution in [2.24, 2.45) is 0 Å². The lowest BCUT2D eigenvalue weighted by atomic mass is 10.1. The average Bonchev–Trinajstić information content (AvgIpc) is 3.18. The topological polar surface area (TPSA) is 99.3 Å². The summed E-state index contributed by atoms with van der Waals surface area (Å²) in [5.41, 5.74) is 1.35. The zero-order chi connectivity index (χ0) is 20.5. The van der Waals surface area contributed by atoms with Gasteiger partial charge in [0.1, 0.15) is 10.3 Å². The molecule has 0 aromatic carbocycles. The normalized spacial score (nSPS) is 16.8. The highest BCUT2D eigenvalue weighted by Gasteiger charge is 2.34. The molecule has 4 rings (SSSR count). The van der Waals surface area contributed by atoms with Gasteiger partial charge in [0.15, 0.2) is 0 Å². The van der Waals surface area contributed by atoms with Crippen molar-refractivity contribution in [3.8, 4) is 0 Å². The van der Waals surface area contributed by atoms with Crippen LogP contribution in [0, 0.1) is 0 Å². The van der Waals surface area contributed by atoms with Crippen molar-refractivity contribution in [3.05, 3.63) is 58.7 Å². The third kappa shape index (κ3) is 3.53. The first-order valence-electron chi connectivity index (χ1n) is 9.14. The maximum absolute atomic E-state index is 12.9. The van der Waals surface area contributed by atoms with Gasteiger partial charge in [-0.05, 0) is 41.1 Å². The van der Waals surface area contributed by atoms with E-state index in [1.807, 2.05) is 6.92 Å². The summed E-state index contributed by atoms with van der Waals surface area (Å²) < 4.78 is 0.580. The van der Waals surface area contributed by atoms with E-state index >= 15 is 0 Å². The Labute approximate surface area is 175 Å². The fraction of sp³-hybridized carbons (Fsp3) is 0.250. The van der Waals surface area contributed by atoms with E-state index in [-0.39, 0.29) is 18.5 Å². The number of piperazine rings is 1. The molecule has 0 aliphatic carbocycles. The van der Waals surface area contributed by atoms with Gasteiger partial charge in [0.05, 0.1) is 11.1 Å². The van der Waals surface area contributed by atoms with Crippen molar-refractivity contribution in [1.82, 2.24) is 24.8 Å². The van der Waals surface area contributed by atoms with Gasteiger partial charge in [-0.3, -0.25) is 19.4 Å². The number of carbonyl (C=O) groups excluding carboxylic acids is 3. The van der Waals surface area contributed by atoms with Crippen LogP contribution in [0.2, 0.25) is 0 Å². The van der Waals surface area contributed by atoms with E-state index in [9.17, 15) is 14.4 Å². The van der Waals surface area contributed by atoms with E-state index in [2.05, 4.69) is 30.9 Å². The molecule has 0 radical (unpaired) electrons. The SMILES string of the molecule is C[C@@H]1CN(C(=O)c2ccccn2)CCN1C(=O)C(=O)c1c[nH]c2c(Br)nccc12. The molecule has 1 aliphatic rings. The molecule has 0 bridgehead atoms. The number of nitrogens with zero attached hydrogens (tertiary/aromatic N) is 4. The second-order valence-corrected chi connectivity index (χ2v) is 7.62. The molecule has 4 heterocycles. The number of halogens is 1. The Kier molecular flexibility index (Phi) is 5.14. The summed E-state index contributed by atoms with van der Waals surface area (Å²) in [6, 6.07) is 6.59. The molecule has 1 N–H and O–H groups in total. The van der Waals surface area contributed by atoms with Crippen LogP contribution in [0.25, 0.3) is 10.9 Å². The first-order chi connectivity index (χ1) is 14.0. The smallest absolute Gasteiger partial charge is 0.295 e. The molecule has 1 saturated heterocycles. The molecule has 3 aromatic heterocycles. The largest absolute Gasteiger partial charge is 0.358 e. The third-order valence-electron chi connectivity index (χ3n) is 5.05. The molecule has 148 valence electrons. The van der Waals surface area contributed by atoms with Crippen LogP contribution in [0.4, 0.5) is 0 Å². The fourth-order valence-electron chi connectivity index (χ4n) is 3.55. The van der Waals surface area contributed by atoms with Crippen LogP contribution in [0.15, 0.2) is 47.5 Å². The van der Waals surface area contributed by atoms with Crippen LogP contribution in [0.5, 0.6) is 0 Å². The molecule has 29 heavy (non-hydrogen) atoms. The summed E-state index contributed by atoms with van der Waals surface area (Å²) in [6.45, 7) is 2.82. The van der Waals surface area contributed by atoms with E-state index in [0.29, 0.717) is 39.9 Å². The molecule has 8 nitrogen and oxygen atoms in total. The number of Topliss-reactive ketones (excluding diaryl/α,β-unsaturated/α-hetero) is 1. The van der Waals surface area contributed by atoms with Crippen molar-refractivity contribution in [1.29, 1.82) is 0 Å². The highest BCUT2D eigenvalue weighted by atomic mass is 79.9. The summed E-state index contributed by atoms with van der Waals surface area (Å²) >= 11 is 3.33. The molecular weight excluding hydrogens is 438 g/mol. The summed E-state index contributed by atoms with van der Waals surface area (Å²) in [6.07, 6.45) is 4.68. The maximum Gasteiger partial charge on any atom is 0.295 e. The zero-order valence-corrected chi connectivity index (χ0v) is 17.2. The van der Waals surface area contributed by atoms with Gasteiger partial charge in [-0.15, -0.1) is 0 Å². The van der Waals surface area contributed by atoms with E-state index < -0.39 is 11.7 Å². The summed E-state index contributed by atoms with van der Waals surface area (Å²) in [4.78, 5) is 52.8. The van der Waals surface area contributed by atoms with Gasteiger partial charge >= 0.3 is 0 Å². The molecule has 0 saturated carbocycles. The second-order valence-electron chi connectivity index (χ2n) is 6.87. The lowest BCUT2D eigenvalue weighted by molar-refractivity contribution is -0.130. The number of fused-ring (bicyclic) bond motifs is 1. The van der Waals surface area contributed by atoms with Crippen LogP contribution in [0.3, 0.4) is 0 Å². The number of pyridine rings is 2. The Morgan fingerprint density at radius 2 is 1.97 bits per heavy atom.